The predicted molar refractivity (Wildman–Crippen MR) is 232 cm³/mol. The van der Waals surface area contributed by atoms with Gasteiger partial charge in [-0.1, -0.05) is 164 Å². The maximum atomic E-state index is 5.04. The summed E-state index contributed by atoms with van der Waals surface area (Å²) in [6.45, 7) is 0. The highest BCUT2D eigenvalue weighted by Gasteiger charge is 2.17. The molecule has 0 bridgehead atoms. The van der Waals surface area contributed by atoms with E-state index >= 15 is 0 Å². The molecular weight excluding hydrogens is 687 g/mol. The van der Waals surface area contributed by atoms with E-state index in [2.05, 4.69) is 127 Å². The van der Waals surface area contributed by atoms with E-state index in [1.165, 1.54) is 69.2 Å². The van der Waals surface area contributed by atoms with E-state index < -0.39 is 0 Å². The summed E-state index contributed by atoms with van der Waals surface area (Å²) in [5, 5.41) is 10.1. The summed E-state index contributed by atoms with van der Waals surface area (Å²) in [6, 6.07) is 67.0. The molecule has 4 heteroatoms. The van der Waals surface area contributed by atoms with Crippen LogP contribution in [0.25, 0.3) is 109 Å². The zero-order valence-corrected chi connectivity index (χ0v) is 30.5. The molecule has 2 heterocycles. The Morgan fingerprint density at radius 2 is 0.764 bits per heavy atom. The number of thiophene rings is 1. The van der Waals surface area contributed by atoms with Crippen molar-refractivity contribution in [3.63, 3.8) is 0 Å². The minimum atomic E-state index is 0.644. The molecule has 2 aromatic heterocycles. The van der Waals surface area contributed by atoms with Gasteiger partial charge in [0, 0.05) is 36.9 Å². The Morgan fingerprint density at radius 3 is 1.49 bits per heavy atom. The molecule has 0 amide bonds. The average Bonchev–Trinajstić information content (AvgIpc) is 3.64. The van der Waals surface area contributed by atoms with E-state index in [1.807, 2.05) is 72.0 Å². The molecule has 9 aromatic carbocycles. The third-order valence-corrected chi connectivity index (χ3v) is 11.8. The van der Waals surface area contributed by atoms with Crippen molar-refractivity contribution in [2.24, 2.45) is 0 Å². The zero-order valence-electron chi connectivity index (χ0n) is 29.6. The normalized spacial score (nSPS) is 11.6. The quantitative estimate of drug-likeness (QED) is 0.166. The molecule has 0 unspecified atom stereocenters. The van der Waals surface area contributed by atoms with E-state index in [-0.39, 0.29) is 0 Å². The first-order chi connectivity index (χ1) is 27.2. The van der Waals surface area contributed by atoms with Crippen molar-refractivity contribution in [2.75, 3.05) is 0 Å². The predicted octanol–water partition coefficient (Wildman–Crippen LogP) is 14.0. The maximum Gasteiger partial charge on any atom is 0.164 e. The van der Waals surface area contributed by atoms with Gasteiger partial charge in [-0.2, -0.15) is 0 Å². The summed E-state index contributed by atoms with van der Waals surface area (Å²) in [5.41, 5.74) is 7.58. The van der Waals surface area contributed by atoms with Crippen molar-refractivity contribution in [1.29, 1.82) is 0 Å². The first-order valence-electron chi connectivity index (χ1n) is 18.5. The van der Waals surface area contributed by atoms with Crippen molar-refractivity contribution in [2.45, 2.75) is 0 Å². The van der Waals surface area contributed by atoms with Crippen LogP contribution >= 0.6 is 11.3 Å². The number of hydrogen-bond donors (Lipinski definition) is 0. The Labute approximate surface area is 321 Å². The first-order valence-corrected chi connectivity index (χ1v) is 19.3. The molecule has 3 nitrogen and oxygen atoms in total. The minimum absolute atomic E-state index is 0.644. The van der Waals surface area contributed by atoms with Gasteiger partial charge in [0.25, 0.3) is 0 Å². The van der Waals surface area contributed by atoms with Crippen LogP contribution < -0.4 is 0 Å². The molecule has 0 radical (unpaired) electrons. The fraction of sp³-hybridized carbons (Fsp3) is 0. The summed E-state index contributed by atoms with van der Waals surface area (Å²) in [5.74, 6) is 1.95. The second-order valence-corrected chi connectivity index (χ2v) is 15.0. The summed E-state index contributed by atoms with van der Waals surface area (Å²) >= 11 is 1.86. The SMILES string of the molecule is c1ccc(-c2nc(-c3ccccc3)nc(-c3cccc(-c4cccc5c6ccccc6c6cc(-c7ccc8c(c7)sc7ccccc78)ccc6c45)c3)n2)cc1. The lowest BCUT2D eigenvalue weighted by molar-refractivity contribution is 1.07. The van der Waals surface area contributed by atoms with Gasteiger partial charge in [0.15, 0.2) is 17.5 Å². The molecule has 11 aromatic rings. The van der Waals surface area contributed by atoms with Gasteiger partial charge in [0.05, 0.1) is 0 Å². The highest BCUT2D eigenvalue weighted by Crippen LogP contribution is 2.43. The molecule has 0 aliphatic rings. The molecule has 0 N–H and O–H groups in total. The number of benzene rings is 9. The molecule has 0 atom stereocenters. The molecule has 0 saturated carbocycles. The Hall–Kier alpha value is -7.01. The zero-order chi connectivity index (χ0) is 36.3. The van der Waals surface area contributed by atoms with Gasteiger partial charge in [0.2, 0.25) is 0 Å². The van der Waals surface area contributed by atoms with Gasteiger partial charge >= 0.3 is 0 Å². The van der Waals surface area contributed by atoms with E-state index in [9.17, 15) is 0 Å². The number of hydrogen-bond acceptors (Lipinski definition) is 4. The van der Waals surface area contributed by atoms with Crippen LogP contribution in [0, 0.1) is 0 Å². The van der Waals surface area contributed by atoms with E-state index in [1.54, 1.807) is 0 Å². The number of fused-ring (bicyclic) bond motifs is 9. The van der Waals surface area contributed by atoms with E-state index in [0.29, 0.717) is 17.5 Å². The van der Waals surface area contributed by atoms with Crippen molar-refractivity contribution in [1.82, 2.24) is 15.0 Å². The van der Waals surface area contributed by atoms with Crippen LogP contribution in [0.1, 0.15) is 0 Å². The molecule has 256 valence electrons. The molecule has 11 rings (SSSR count). The summed E-state index contributed by atoms with van der Waals surface area (Å²) in [7, 11) is 0. The third-order valence-electron chi connectivity index (χ3n) is 10.7. The highest BCUT2D eigenvalue weighted by molar-refractivity contribution is 7.25. The van der Waals surface area contributed by atoms with Crippen molar-refractivity contribution in [3.05, 3.63) is 188 Å². The van der Waals surface area contributed by atoms with Gasteiger partial charge in [-0.05, 0) is 78.8 Å². The Morgan fingerprint density at radius 1 is 0.273 bits per heavy atom. The van der Waals surface area contributed by atoms with Crippen molar-refractivity contribution in [3.8, 4) is 56.4 Å². The first kappa shape index (κ1) is 31.5. The number of nitrogens with zero attached hydrogens (tertiary/aromatic N) is 3. The topological polar surface area (TPSA) is 38.7 Å². The largest absolute Gasteiger partial charge is 0.208 e. The molecular formula is C51H31N3S. The minimum Gasteiger partial charge on any atom is -0.208 e. The molecule has 0 aliphatic heterocycles. The third kappa shape index (κ3) is 5.38. The average molecular weight is 718 g/mol. The van der Waals surface area contributed by atoms with E-state index in [0.717, 1.165) is 22.3 Å². The molecule has 0 aliphatic carbocycles. The van der Waals surface area contributed by atoms with Crippen LogP contribution in [0.3, 0.4) is 0 Å². The van der Waals surface area contributed by atoms with Crippen LogP contribution in [-0.4, -0.2) is 15.0 Å². The van der Waals surface area contributed by atoms with Gasteiger partial charge < -0.3 is 0 Å². The summed E-state index contributed by atoms with van der Waals surface area (Å²) in [6.07, 6.45) is 0. The maximum absolute atomic E-state index is 5.04. The Balaban J connectivity index is 1.09. The summed E-state index contributed by atoms with van der Waals surface area (Å²) in [4.78, 5) is 15.0. The van der Waals surface area contributed by atoms with E-state index in [4.69, 9.17) is 15.0 Å². The lowest BCUT2D eigenvalue weighted by Crippen LogP contribution is -2.00. The van der Waals surface area contributed by atoms with Crippen LogP contribution in [0.15, 0.2) is 188 Å². The van der Waals surface area contributed by atoms with Gasteiger partial charge in [-0.15, -0.1) is 11.3 Å². The van der Waals surface area contributed by atoms with Crippen LogP contribution in [0.5, 0.6) is 0 Å². The fourth-order valence-corrected chi connectivity index (χ4v) is 9.24. The smallest absolute Gasteiger partial charge is 0.164 e. The second kappa shape index (κ2) is 12.8. The second-order valence-electron chi connectivity index (χ2n) is 14.0. The van der Waals surface area contributed by atoms with Crippen LogP contribution in [-0.2, 0) is 0 Å². The molecule has 55 heavy (non-hydrogen) atoms. The molecule has 0 fully saturated rings. The van der Waals surface area contributed by atoms with Gasteiger partial charge in [-0.25, -0.2) is 15.0 Å². The monoisotopic (exact) mass is 717 g/mol. The molecule has 0 spiro atoms. The summed E-state index contributed by atoms with van der Waals surface area (Å²) < 4.78 is 2.64. The van der Waals surface area contributed by atoms with Crippen LogP contribution in [0.4, 0.5) is 0 Å². The van der Waals surface area contributed by atoms with Gasteiger partial charge in [-0.3, -0.25) is 0 Å². The lowest BCUT2D eigenvalue weighted by atomic mass is 9.88. The van der Waals surface area contributed by atoms with Gasteiger partial charge in [0.1, 0.15) is 0 Å². The Kier molecular flexibility index (Phi) is 7.35. The highest BCUT2D eigenvalue weighted by atomic mass is 32.1. The fourth-order valence-electron chi connectivity index (χ4n) is 8.09. The number of rotatable bonds is 5. The number of aromatic nitrogens is 3. The Bertz CT molecular complexity index is 3200. The van der Waals surface area contributed by atoms with Crippen molar-refractivity contribution < 1.29 is 0 Å². The lowest BCUT2D eigenvalue weighted by Gasteiger charge is -2.16. The van der Waals surface area contributed by atoms with Crippen molar-refractivity contribution >= 4 is 63.8 Å². The standard InChI is InChI=1S/C51H31N3S/c1-3-13-32(14-4-1)49-52-50(33-15-5-2-6-16-33)54-51(53-49)37-18-11-17-36(29-37)38-22-12-23-43-39-19-7-8-20-40(39)45-30-34(26-28-44(45)48(38)43)35-25-27-42-41-21-9-10-24-46(41)55-47(42)31-35/h1-31H. The van der Waals surface area contributed by atoms with Crippen LogP contribution in [0.2, 0.25) is 0 Å². The molecule has 0 saturated heterocycles.